The zero-order valence-corrected chi connectivity index (χ0v) is 15.0. The number of hydrogen-bond donors (Lipinski definition) is 1. The molecule has 1 saturated heterocycles. The van der Waals surface area contributed by atoms with Crippen LogP contribution in [0.3, 0.4) is 0 Å². The van der Waals surface area contributed by atoms with E-state index in [0.29, 0.717) is 12.5 Å². The van der Waals surface area contributed by atoms with Gasteiger partial charge in [0.2, 0.25) is 5.91 Å². The molecule has 1 amide bonds. The maximum absolute atomic E-state index is 12.1. The normalized spacial score (nSPS) is 22.0. The minimum absolute atomic E-state index is 0.157. The van der Waals surface area contributed by atoms with Gasteiger partial charge in [-0.15, -0.1) is 10.2 Å². The molecule has 0 aliphatic carbocycles. The molecule has 6 heteroatoms. The highest BCUT2D eigenvalue weighted by Crippen LogP contribution is 2.27. The number of piperidine rings is 1. The lowest BCUT2D eigenvalue weighted by molar-refractivity contribution is -0.122. The summed E-state index contributed by atoms with van der Waals surface area (Å²) in [4.78, 5) is 14.4. The maximum Gasteiger partial charge on any atom is 0.234 e. The van der Waals surface area contributed by atoms with Gasteiger partial charge < -0.3 is 9.88 Å². The average Bonchev–Trinajstić information content (AvgIpc) is 2.84. The van der Waals surface area contributed by atoms with Crippen LogP contribution in [0.25, 0.3) is 0 Å². The van der Waals surface area contributed by atoms with Crippen LogP contribution in [0.5, 0.6) is 0 Å². The first-order valence-electron chi connectivity index (χ1n) is 9.69. The van der Waals surface area contributed by atoms with Crippen molar-refractivity contribution in [3.63, 3.8) is 0 Å². The lowest BCUT2D eigenvalue weighted by atomic mass is 9.97. The fourth-order valence-corrected chi connectivity index (χ4v) is 3.88. The Hall–Kier alpha value is -1.43. The summed E-state index contributed by atoms with van der Waals surface area (Å²) in [5.41, 5.74) is 0. The second-order valence-electron chi connectivity index (χ2n) is 7.21. The third kappa shape index (κ3) is 4.35. The second-order valence-corrected chi connectivity index (χ2v) is 7.21. The summed E-state index contributed by atoms with van der Waals surface area (Å²) < 4.78 is 2.36. The highest BCUT2D eigenvalue weighted by molar-refractivity contribution is 5.77. The van der Waals surface area contributed by atoms with Gasteiger partial charge in [0.25, 0.3) is 0 Å². The molecular weight excluding hydrogens is 302 g/mol. The number of fused-ring (bicyclic) bond motifs is 1. The van der Waals surface area contributed by atoms with Crippen LogP contribution in [0.2, 0.25) is 0 Å². The number of rotatable bonds is 6. The highest BCUT2D eigenvalue weighted by atomic mass is 16.2. The van der Waals surface area contributed by atoms with Crippen LogP contribution in [0.1, 0.15) is 69.4 Å². The van der Waals surface area contributed by atoms with Crippen LogP contribution < -0.4 is 5.32 Å². The average molecular weight is 333 g/mol. The van der Waals surface area contributed by atoms with Gasteiger partial charge in [0.05, 0.1) is 6.54 Å². The number of unbranched alkanes of at least 4 members (excludes halogenated alkanes) is 1. The van der Waals surface area contributed by atoms with Crippen molar-refractivity contribution in [2.45, 2.75) is 70.8 Å². The summed E-state index contributed by atoms with van der Waals surface area (Å²) in [5, 5.41) is 12.0. The number of carbonyl (C=O) groups excluding carboxylic acids is 1. The van der Waals surface area contributed by atoms with Crippen molar-refractivity contribution in [1.29, 1.82) is 0 Å². The van der Waals surface area contributed by atoms with E-state index in [1.165, 1.54) is 19.3 Å². The van der Waals surface area contributed by atoms with Gasteiger partial charge in [-0.25, -0.2) is 0 Å². The third-order valence-electron chi connectivity index (χ3n) is 5.23. The molecule has 3 rings (SSSR count). The predicted octanol–water partition coefficient (Wildman–Crippen LogP) is 2.10. The van der Waals surface area contributed by atoms with E-state index in [1.807, 2.05) is 0 Å². The summed E-state index contributed by atoms with van der Waals surface area (Å²) in [6.45, 7) is 6.46. The molecule has 0 aromatic carbocycles. The first kappa shape index (κ1) is 17.4. The fourth-order valence-electron chi connectivity index (χ4n) is 3.88. The second kappa shape index (κ2) is 8.60. The van der Waals surface area contributed by atoms with Gasteiger partial charge in [0.1, 0.15) is 11.6 Å². The van der Waals surface area contributed by atoms with Gasteiger partial charge in [-0.3, -0.25) is 9.69 Å². The van der Waals surface area contributed by atoms with Crippen molar-refractivity contribution >= 4 is 5.91 Å². The highest BCUT2D eigenvalue weighted by Gasteiger charge is 2.28. The summed E-state index contributed by atoms with van der Waals surface area (Å²) in [6.07, 6.45) is 9.27. The molecule has 0 radical (unpaired) electrons. The number of nitrogens with zero attached hydrogens (tertiary/aromatic N) is 4. The largest absolute Gasteiger partial charge is 0.355 e. The van der Waals surface area contributed by atoms with Crippen LogP contribution in [-0.2, 0) is 17.8 Å². The molecule has 2 aliphatic rings. The molecule has 1 unspecified atom stereocenters. The maximum atomic E-state index is 12.1. The van der Waals surface area contributed by atoms with E-state index in [0.717, 1.165) is 69.9 Å². The van der Waals surface area contributed by atoms with Crippen molar-refractivity contribution in [2.75, 3.05) is 26.2 Å². The zero-order chi connectivity index (χ0) is 16.8. The number of carbonyl (C=O) groups is 1. The SMILES string of the molecule is CCCCNC(=O)CN1CCCC(c2nnc3n2CCCCC3)C1. The monoisotopic (exact) mass is 333 g/mol. The molecule has 0 spiro atoms. The Morgan fingerprint density at radius 2 is 2.12 bits per heavy atom. The number of nitrogens with one attached hydrogen (secondary N) is 1. The van der Waals surface area contributed by atoms with Gasteiger partial charge in [-0.1, -0.05) is 19.8 Å². The Labute approximate surface area is 145 Å². The summed E-state index contributed by atoms with van der Waals surface area (Å²) in [5.74, 6) is 2.89. The molecule has 1 aromatic rings. The van der Waals surface area contributed by atoms with Gasteiger partial charge in [-0.05, 0) is 38.6 Å². The molecule has 2 aliphatic heterocycles. The molecule has 134 valence electrons. The van der Waals surface area contributed by atoms with Crippen molar-refractivity contribution in [3.8, 4) is 0 Å². The van der Waals surface area contributed by atoms with E-state index in [1.54, 1.807) is 0 Å². The Morgan fingerprint density at radius 3 is 3.00 bits per heavy atom. The predicted molar refractivity (Wildman–Crippen MR) is 93.9 cm³/mol. The molecule has 1 atom stereocenters. The summed E-state index contributed by atoms with van der Waals surface area (Å²) >= 11 is 0. The van der Waals surface area contributed by atoms with Crippen LogP contribution in [0.4, 0.5) is 0 Å². The van der Waals surface area contributed by atoms with E-state index in [9.17, 15) is 4.79 Å². The first-order valence-corrected chi connectivity index (χ1v) is 9.69. The molecule has 3 heterocycles. The lowest BCUT2D eigenvalue weighted by Crippen LogP contribution is -2.42. The van der Waals surface area contributed by atoms with Crippen molar-refractivity contribution in [1.82, 2.24) is 25.0 Å². The first-order chi connectivity index (χ1) is 11.8. The van der Waals surface area contributed by atoms with Gasteiger partial charge >= 0.3 is 0 Å². The van der Waals surface area contributed by atoms with Crippen LogP contribution in [-0.4, -0.2) is 51.8 Å². The summed E-state index contributed by atoms with van der Waals surface area (Å²) in [6, 6.07) is 0. The Morgan fingerprint density at radius 1 is 1.21 bits per heavy atom. The van der Waals surface area contributed by atoms with Gasteiger partial charge in [-0.2, -0.15) is 0 Å². The van der Waals surface area contributed by atoms with Gasteiger partial charge in [0.15, 0.2) is 0 Å². The number of amides is 1. The Kier molecular flexibility index (Phi) is 6.24. The standard InChI is InChI=1S/C18H31N5O/c1-2-3-10-19-17(24)14-22-11-7-8-15(13-22)18-21-20-16-9-5-4-6-12-23(16)18/h15H,2-14H2,1H3,(H,19,24). The molecule has 1 aromatic heterocycles. The minimum atomic E-state index is 0.157. The number of likely N-dealkylation sites (tertiary alicyclic amines) is 1. The number of aromatic nitrogens is 3. The molecule has 1 fully saturated rings. The van der Waals surface area contributed by atoms with Gasteiger partial charge in [0, 0.05) is 32.0 Å². The molecule has 6 nitrogen and oxygen atoms in total. The van der Waals surface area contributed by atoms with Crippen LogP contribution in [0.15, 0.2) is 0 Å². The molecule has 1 N–H and O–H groups in total. The minimum Gasteiger partial charge on any atom is -0.355 e. The molecule has 0 bridgehead atoms. The Balaban J connectivity index is 1.58. The van der Waals surface area contributed by atoms with Crippen LogP contribution in [0, 0.1) is 0 Å². The smallest absolute Gasteiger partial charge is 0.234 e. The van der Waals surface area contributed by atoms with E-state index >= 15 is 0 Å². The molecule has 24 heavy (non-hydrogen) atoms. The number of aryl methyl sites for hydroxylation is 1. The zero-order valence-electron chi connectivity index (χ0n) is 15.0. The number of hydrogen-bond acceptors (Lipinski definition) is 4. The Bertz CT molecular complexity index is 542. The van der Waals surface area contributed by atoms with E-state index in [2.05, 4.69) is 31.9 Å². The van der Waals surface area contributed by atoms with E-state index in [4.69, 9.17) is 0 Å². The molecule has 0 saturated carbocycles. The molecular formula is C18H31N5O. The lowest BCUT2D eigenvalue weighted by Gasteiger charge is -2.31. The van der Waals surface area contributed by atoms with E-state index < -0.39 is 0 Å². The summed E-state index contributed by atoms with van der Waals surface area (Å²) in [7, 11) is 0. The van der Waals surface area contributed by atoms with Crippen molar-refractivity contribution in [2.24, 2.45) is 0 Å². The van der Waals surface area contributed by atoms with Crippen molar-refractivity contribution < 1.29 is 4.79 Å². The van der Waals surface area contributed by atoms with E-state index in [-0.39, 0.29) is 5.91 Å². The quantitative estimate of drug-likeness (QED) is 0.810. The topological polar surface area (TPSA) is 63.1 Å². The fraction of sp³-hybridized carbons (Fsp3) is 0.833. The van der Waals surface area contributed by atoms with Crippen molar-refractivity contribution in [3.05, 3.63) is 11.6 Å². The third-order valence-corrected chi connectivity index (χ3v) is 5.23. The van der Waals surface area contributed by atoms with Crippen LogP contribution >= 0.6 is 0 Å².